The highest BCUT2D eigenvalue weighted by molar-refractivity contribution is 5.90. The van der Waals surface area contributed by atoms with Crippen molar-refractivity contribution in [2.45, 2.75) is 37.9 Å². The summed E-state index contributed by atoms with van der Waals surface area (Å²) in [5.74, 6) is 0.0428. The molecule has 116 valence electrons. The highest BCUT2D eigenvalue weighted by Crippen LogP contribution is 2.18. The maximum absolute atomic E-state index is 12.6. The number of nitrogens with one attached hydrogen (secondary N) is 1. The van der Waals surface area contributed by atoms with Crippen LogP contribution in [0.4, 0.5) is 5.95 Å². The molecular formula is C13H21N5O3. The Morgan fingerprint density at radius 3 is 2.29 bits per heavy atom. The monoisotopic (exact) mass is 295 g/mol. The zero-order valence-electron chi connectivity index (χ0n) is 12.0. The van der Waals surface area contributed by atoms with E-state index in [0.717, 1.165) is 38.9 Å². The number of H-pyrrole nitrogens is 1. The van der Waals surface area contributed by atoms with Gasteiger partial charge in [-0.1, -0.05) is 0 Å². The number of aromatic nitrogens is 3. The Morgan fingerprint density at radius 2 is 1.86 bits per heavy atom. The molecule has 3 rings (SSSR count). The minimum absolute atomic E-state index is 0.0764. The van der Waals surface area contributed by atoms with Gasteiger partial charge >= 0.3 is 0 Å². The molecule has 0 aromatic carbocycles. The standard InChI is InChI=1S/C13H21N5O3/c14-13-15-11(16-17-13)12(19)18(7-9-3-1-5-20-9)8-10-4-2-6-21-10/h9-10H,1-8H2,(H3,14,15,16,17). The first kappa shape index (κ1) is 14.3. The van der Waals surface area contributed by atoms with Crippen LogP contribution in [0.1, 0.15) is 36.3 Å². The fourth-order valence-electron chi connectivity index (χ4n) is 2.83. The van der Waals surface area contributed by atoms with Crippen LogP contribution >= 0.6 is 0 Å². The molecule has 3 N–H and O–H groups in total. The number of nitrogens with zero attached hydrogens (tertiary/aromatic N) is 3. The van der Waals surface area contributed by atoms with Crippen LogP contribution in [-0.4, -0.2) is 64.5 Å². The van der Waals surface area contributed by atoms with Crippen LogP contribution in [0.2, 0.25) is 0 Å². The lowest BCUT2D eigenvalue weighted by atomic mass is 10.2. The molecule has 2 unspecified atom stereocenters. The number of amides is 1. The Labute approximate surface area is 123 Å². The Hall–Kier alpha value is -1.67. The van der Waals surface area contributed by atoms with Crippen LogP contribution in [0.5, 0.6) is 0 Å². The van der Waals surface area contributed by atoms with Crippen LogP contribution in [-0.2, 0) is 9.47 Å². The van der Waals surface area contributed by atoms with Crippen LogP contribution in [0.25, 0.3) is 0 Å². The first-order chi connectivity index (χ1) is 10.2. The molecule has 0 bridgehead atoms. The zero-order chi connectivity index (χ0) is 14.7. The Bertz CT molecular complexity index is 462. The van der Waals surface area contributed by atoms with Gasteiger partial charge in [0.05, 0.1) is 12.2 Å². The van der Waals surface area contributed by atoms with Gasteiger partial charge in [0.2, 0.25) is 11.8 Å². The van der Waals surface area contributed by atoms with E-state index in [4.69, 9.17) is 15.2 Å². The van der Waals surface area contributed by atoms with Gasteiger partial charge in [0.25, 0.3) is 5.91 Å². The van der Waals surface area contributed by atoms with Crippen molar-refractivity contribution < 1.29 is 14.3 Å². The molecule has 0 spiro atoms. The summed E-state index contributed by atoms with van der Waals surface area (Å²) in [6.07, 6.45) is 4.23. The third-order valence-corrected chi connectivity index (χ3v) is 3.89. The van der Waals surface area contributed by atoms with Crippen LogP contribution in [0, 0.1) is 0 Å². The third-order valence-electron chi connectivity index (χ3n) is 3.89. The number of aromatic amines is 1. The molecule has 8 heteroatoms. The summed E-state index contributed by atoms with van der Waals surface area (Å²) in [6, 6.07) is 0. The fraction of sp³-hybridized carbons (Fsp3) is 0.769. The molecule has 1 amide bonds. The second kappa shape index (κ2) is 6.40. The number of carbonyl (C=O) groups is 1. The summed E-state index contributed by atoms with van der Waals surface area (Å²) in [5.41, 5.74) is 5.47. The van der Waals surface area contributed by atoms with Crippen molar-refractivity contribution in [2.24, 2.45) is 0 Å². The van der Waals surface area contributed by atoms with Crippen LogP contribution in [0.3, 0.4) is 0 Å². The van der Waals surface area contributed by atoms with E-state index in [1.165, 1.54) is 0 Å². The van der Waals surface area contributed by atoms with Gasteiger partial charge < -0.3 is 20.1 Å². The quantitative estimate of drug-likeness (QED) is 0.803. The van der Waals surface area contributed by atoms with E-state index in [-0.39, 0.29) is 29.9 Å². The lowest BCUT2D eigenvalue weighted by molar-refractivity contribution is 0.0301. The number of hydrogen-bond acceptors (Lipinski definition) is 6. The molecule has 2 saturated heterocycles. The van der Waals surface area contributed by atoms with Crippen molar-refractivity contribution in [1.82, 2.24) is 20.1 Å². The van der Waals surface area contributed by atoms with Gasteiger partial charge in [0.15, 0.2) is 0 Å². The first-order valence-electron chi connectivity index (χ1n) is 7.43. The van der Waals surface area contributed by atoms with Gasteiger partial charge in [0.1, 0.15) is 0 Å². The average Bonchev–Trinajstić information content (AvgIpc) is 3.19. The number of rotatable bonds is 5. The van der Waals surface area contributed by atoms with Gasteiger partial charge in [-0.25, -0.2) is 0 Å². The van der Waals surface area contributed by atoms with Crippen molar-refractivity contribution in [3.8, 4) is 0 Å². The normalized spacial score (nSPS) is 25.3. The molecule has 0 saturated carbocycles. The SMILES string of the molecule is Nc1n[nH]c(C(=O)N(CC2CCCO2)CC2CCCO2)n1. The van der Waals surface area contributed by atoms with E-state index < -0.39 is 0 Å². The first-order valence-corrected chi connectivity index (χ1v) is 7.43. The van der Waals surface area contributed by atoms with Gasteiger partial charge in [-0.3, -0.25) is 9.89 Å². The molecule has 3 heterocycles. The molecule has 0 radical (unpaired) electrons. The fourth-order valence-corrected chi connectivity index (χ4v) is 2.83. The summed E-state index contributed by atoms with van der Waals surface area (Å²) < 4.78 is 11.3. The minimum atomic E-state index is -0.204. The van der Waals surface area contributed by atoms with Crippen LogP contribution in [0.15, 0.2) is 0 Å². The van der Waals surface area contributed by atoms with E-state index in [0.29, 0.717) is 13.1 Å². The van der Waals surface area contributed by atoms with Crippen molar-refractivity contribution in [2.75, 3.05) is 32.0 Å². The topological polar surface area (TPSA) is 106 Å². The largest absolute Gasteiger partial charge is 0.376 e. The van der Waals surface area contributed by atoms with Crippen LogP contribution < -0.4 is 5.73 Å². The van der Waals surface area contributed by atoms with Crippen molar-refractivity contribution in [3.05, 3.63) is 5.82 Å². The summed E-state index contributed by atoms with van der Waals surface area (Å²) in [7, 11) is 0. The molecule has 2 fully saturated rings. The molecule has 21 heavy (non-hydrogen) atoms. The Balaban J connectivity index is 1.68. The predicted octanol–water partition coefficient (Wildman–Crippen LogP) is 0.187. The highest BCUT2D eigenvalue weighted by Gasteiger charge is 2.28. The molecule has 0 aliphatic carbocycles. The van der Waals surface area contributed by atoms with E-state index in [1.807, 2.05) is 0 Å². The maximum Gasteiger partial charge on any atom is 0.291 e. The highest BCUT2D eigenvalue weighted by atomic mass is 16.5. The zero-order valence-corrected chi connectivity index (χ0v) is 12.0. The number of nitrogen functional groups attached to an aromatic ring is 1. The Kier molecular flexibility index (Phi) is 4.35. The lowest BCUT2D eigenvalue weighted by Gasteiger charge is -2.26. The lowest BCUT2D eigenvalue weighted by Crippen LogP contribution is -2.42. The van der Waals surface area contributed by atoms with Gasteiger partial charge in [-0.15, -0.1) is 5.10 Å². The number of ether oxygens (including phenoxy) is 2. The van der Waals surface area contributed by atoms with Gasteiger partial charge in [0, 0.05) is 26.3 Å². The third kappa shape index (κ3) is 3.51. The molecule has 2 atom stereocenters. The number of hydrogen-bond donors (Lipinski definition) is 2. The average molecular weight is 295 g/mol. The predicted molar refractivity (Wildman–Crippen MR) is 74.6 cm³/mol. The summed E-state index contributed by atoms with van der Waals surface area (Å²) in [6.45, 7) is 2.64. The van der Waals surface area contributed by atoms with Gasteiger partial charge in [-0.05, 0) is 25.7 Å². The second-order valence-electron chi connectivity index (χ2n) is 5.52. The van der Waals surface area contributed by atoms with E-state index >= 15 is 0 Å². The molecule has 2 aliphatic heterocycles. The summed E-state index contributed by atoms with van der Waals surface area (Å²) >= 11 is 0. The Morgan fingerprint density at radius 1 is 1.24 bits per heavy atom. The molecule has 2 aliphatic rings. The number of carbonyl (C=O) groups excluding carboxylic acids is 1. The summed E-state index contributed by atoms with van der Waals surface area (Å²) in [4.78, 5) is 18.2. The van der Waals surface area contributed by atoms with E-state index in [9.17, 15) is 4.79 Å². The number of anilines is 1. The molecule has 8 nitrogen and oxygen atoms in total. The molecular weight excluding hydrogens is 274 g/mol. The molecule has 1 aromatic rings. The van der Waals surface area contributed by atoms with Gasteiger partial charge in [-0.2, -0.15) is 4.98 Å². The minimum Gasteiger partial charge on any atom is -0.376 e. The molecule has 1 aromatic heterocycles. The van der Waals surface area contributed by atoms with E-state index in [1.54, 1.807) is 4.90 Å². The van der Waals surface area contributed by atoms with Crippen molar-refractivity contribution in [3.63, 3.8) is 0 Å². The van der Waals surface area contributed by atoms with Crippen molar-refractivity contribution in [1.29, 1.82) is 0 Å². The second-order valence-corrected chi connectivity index (χ2v) is 5.52. The van der Waals surface area contributed by atoms with Crippen molar-refractivity contribution >= 4 is 11.9 Å². The summed E-state index contributed by atoms with van der Waals surface area (Å²) in [5, 5.41) is 6.29. The maximum atomic E-state index is 12.6. The van der Waals surface area contributed by atoms with E-state index in [2.05, 4.69) is 15.2 Å². The number of nitrogens with two attached hydrogens (primary N) is 1. The smallest absolute Gasteiger partial charge is 0.291 e.